The zero-order valence-corrected chi connectivity index (χ0v) is 9.55. The Bertz CT molecular complexity index is 596. The number of nitrogens with zero attached hydrogens (tertiary/aromatic N) is 5. The number of aliphatic hydroxyl groups is 1. The number of benzene rings is 1. The van der Waals surface area contributed by atoms with Gasteiger partial charge in [0, 0.05) is 0 Å². The van der Waals surface area contributed by atoms with Crippen molar-refractivity contribution in [1.82, 2.24) is 20.2 Å². The fraction of sp³-hybridized carbons (Fsp3) is 0.273. The molecule has 0 aliphatic heterocycles. The highest BCUT2D eigenvalue weighted by Gasteiger charge is 2.11. The van der Waals surface area contributed by atoms with Gasteiger partial charge in [0.1, 0.15) is 6.61 Å². The van der Waals surface area contributed by atoms with E-state index in [1.54, 1.807) is 6.07 Å². The second-order valence-electron chi connectivity index (χ2n) is 3.73. The molecule has 0 aliphatic carbocycles. The lowest BCUT2D eigenvalue weighted by atomic mass is 10.0. The standard InChI is InChI=1S/C11H11N5O/c1-7-4-10(8(2)3-9(7)5-12)16-11(6-17)13-14-15-16/h3-4,17H,6H2,1-2H3. The molecule has 2 rings (SSSR count). The molecule has 0 spiro atoms. The van der Waals surface area contributed by atoms with Crippen molar-refractivity contribution < 1.29 is 5.11 Å². The second-order valence-corrected chi connectivity index (χ2v) is 3.73. The van der Waals surface area contributed by atoms with Crippen molar-refractivity contribution >= 4 is 0 Å². The number of tetrazole rings is 1. The molecule has 1 heterocycles. The molecule has 17 heavy (non-hydrogen) atoms. The highest BCUT2D eigenvalue weighted by atomic mass is 16.3. The number of hydrogen-bond donors (Lipinski definition) is 1. The van der Waals surface area contributed by atoms with E-state index in [9.17, 15) is 0 Å². The predicted octanol–water partition coefficient (Wildman–Crippen LogP) is 0.643. The summed E-state index contributed by atoms with van der Waals surface area (Å²) in [6, 6.07) is 5.75. The topological polar surface area (TPSA) is 87.6 Å². The van der Waals surface area contributed by atoms with Gasteiger partial charge in [0.15, 0.2) is 5.82 Å². The number of nitriles is 1. The fourth-order valence-corrected chi connectivity index (χ4v) is 1.64. The molecule has 1 aromatic carbocycles. The van der Waals surface area contributed by atoms with Crippen LogP contribution in [0.3, 0.4) is 0 Å². The van der Waals surface area contributed by atoms with Gasteiger partial charge in [-0.25, -0.2) is 0 Å². The fourth-order valence-electron chi connectivity index (χ4n) is 1.64. The normalized spacial score (nSPS) is 10.2. The van der Waals surface area contributed by atoms with Crippen LogP contribution < -0.4 is 0 Å². The zero-order valence-electron chi connectivity index (χ0n) is 9.55. The maximum absolute atomic E-state index is 9.11. The molecule has 0 radical (unpaired) electrons. The second kappa shape index (κ2) is 4.31. The van der Waals surface area contributed by atoms with Gasteiger partial charge in [0.2, 0.25) is 0 Å². The van der Waals surface area contributed by atoms with Crippen molar-refractivity contribution in [2.45, 2.75) is 20.5 Å². The molecule has 0 amide bonds. The summed E-state index contributed by atoms with van der Waals surface area (Å²) in [6.45, 7) is 3.49. The van der Waals surface area contributed by atoms with Gasteiger partial charge in [-0.05, 0) is 47.5 Å². The molecule has 0 bridgehead atoms. The Morgan fingerprint density at radius 3 is 2.76 bits per heavy atom. The molecule has 1 aromatic heterocycles. The van der Waals surface area contributed by atoms with E-state index in [1.807, 2.05) is 19.9 Å². The van der Waals surface area contributed by atoms with Crippen molar-refractivity contribution in [1.29, 1.82) is 5.26 Å². The van der Waals surface area contributed by atoms with Crippen LogP contribution in [-0.2, 0) is 6.61 Å². The quantitative estimate of drug-likeness (QED) is 0.816. The third-order valence-electron chi connectivity index (χ3n) is 2.57. The average molecular weight is 229 g/mol. The summed E-state index contributed by atoms with van der Waals surface area (Å²) in [5, 5.41) is 29.1. The molecule has 0 aliphatic rings. The van der Waals surface area contributed by atoms with Gasteiger partial charge < -0.3 is 5.11 Å². The maximum Gasteiger partial charge on any atom is 0.182 e. The number of rotatable bonds is 2. The van der Waals surface area contributed by atoms with Crippen LogP contribution in [0.15, 0.2) is 12.1 Å². The lowest BCUT2D eigenvalue weighted by molar-refractivity contribution is 0.268. The summed E-state index contributed by atoms with van der Waals surface area (Å²) >= 11 is 0. The SMILES string of the molecule is Cc1cc(-n2nnnc2CO)c(C)cc1C#N. The molecule has 1 N–H and O–H groups in total. The lowest BCUT2D eigenvalue weighted by Crippen LogP contribution is -2.06. The van der Waals surface area contributed by atoms with Crippen molar-refractivity contribution in [3.63, 3.8) is 0 Å². The van der Waals surface area contributed by atoms with Crippen LogP contribution in [0.25, 0.3) is 5.69 Å². The average Bonchev–Trinajstić information content (AvgIpc) is 2.79. The van der Waals surface area contributed by atoms with E-state index >= 15 is 0 Å². The van der Waals surface area contributed by atoms with Crippen LogP contribution in [0.5, 0.6) is 0 Å². The van der Waals surface area contributed by atoms with Crippen LogP contribution in [0.2, 0.25) is 0 Å². The summed E-state index contributed by atoms with van der Waals surface area (Å²) in [5.41, 5.74) is 3.14. The minimum absolute atomic E-state index is 0.231. The molecular weight excluding hydrogens is 218 g/mol. The van der Waals surface area contributed by atoms with E-state index in [1.165, 1.54) is 4.68 Å². The molecular formula is C11H11N5O. The molecule has 0 fully saturated rings. The summed E-state index contributed by atoms with van der Waals surface area (Å²) in [4.78, 5) is 0. The molecule has 6 nitrogen and oxygen atoms in total. The van der Waals surface area contributed by atoms with Crippen molar-refractivity contribution in [2.24, 2.45) is 0 Å². The first-order valence-electron chi connectivity index (χ1n) is 5.07. The minimum Gasteiger partial charge on any atom is -0.388 e. The van der Waals surface area contributed by atoms with Crippen molar-refractivity contribution in [2.75, 3.05) is 0 Å². The molecule has 0 saturated carbocycles. The van der Waals surface area contributed by atoms with E-state index < -0.39 is 0 Å². The molecule has 6 heteroatoms. The maximum atomic E-state index is 9.11. The first-order valence-corrected chi connectivity index (χ1v) is 5.07. The molecule has 0 atom stereocenters. The Balaban J connectivity index is 2.61. The number of aromatic nitrogens is 4. The van der Waals surface area contributed by atoms with Gasteiger partial charge in [0.05, 0.1) is 17.3 Å². The summed E-state index contributed by atoms with van der Waals surface area (Å²) in [5.74, 6) is 0.372. The van der Waals surface area contributed by atoms with Gasteiger partial charge in [-0.3, -0.25) is 0 Å². The predicted molar refractivity (Wildman–Crippen MR) is 59.3 cm³/mol. The number of aliphatic hydroxyl groups excluding tert-OH is 1. The van der Waals surface area contributed by atoms with Gasteiger partial charge >= 0.3 is 0 Å². The highest BCUT2D eigenvalue weighted by molar-refractivity contribution is 5.50. The Labute approximate surface area is 98.1 Å². The Morgan fingerprint density at radius 2 is 2.12 bits per heavy atom. The Morgan fingerprint density at radius 1 is 1.35 bits per heavy atom. The van der Waals surface area contributed by atoms with E-state index in [0.29, 0.717) is 11.4 Å². The van der Waals surface area contributed by atoms with Gasteiger partial charge in [-0.1, -0.05) is 0 Å². The minimum atomic E-state index is -0.231. The van der Waals surface area contributed by atoms with Gasteiger partial charge in [-0.15, -0.1) is 5.10 Å². The largest absolute Gasteiger partial charge is 0.388 e. The summed E-state index contributed by atoms with van der Waals surface area (Å²) in [6.07, 6.45) is 0. The van der Waals surface area contributed by atoms with Crippen molar-refractivity contribution in [3.8, 4) is 11.8 Å². The molecule has 0 unspecified atom stereocenters. The van der Waals surface area contributed by atoms with Crippen LogP contribution in [0.1, 0.15) is 22.5 Å². The van der Waals surface area contributed by atoms with E-state index in [4.69, 9.17) is 10.4 Å². The lowest BCUT2D eigenvalue weighted by Gasteiger charge is -2.09. The molecule has 2 aromatic rings. The van der Waals surface area contributed by atoms with Gasteiger partial charge in [0.25, 0.3) is 0 Å². The number of hydrogen-bond acceptors (Lipinski definition) is 5. The van der Waals surface area contributed by atoms with Crippen LogP contribution in [-0.4, -0.2) is 25.3 Å². The Hall–Kier alpha value is -2.26. The van der Waals surface area contributed by atoms with Crippen molar-refractivity contribution in [3.05, 3.63) is 34.6 Å². The monoisotopic (exact) mass is 229 g/mol. The first-order chi connectivity index (χ1) is 8.17. The Kier molecular flexibility index (Phi) is 2.85. The van der Waals surface area contributed by atoms with E-state index in [0.717, 1.165) is 16.8 Å². The van der Waals surface area contributed by atoms with Crippen LogP contribution in [0.4, 0.5) is 0 Å². The van der Waals surface area contributed by atoms with Crippen LogP contribution in [0, 0.1) is 25.2 Å². The third-order valence-corrected chi connectivity index (χ3v) is 2.57. The first kappa shape index (κ1) is 11.2. The van der Waals surface area contributed by atoms with Crippen LogP contribution >= 0.6 is 0 Å². The third kappa shape index (κ3) is 1.88. The molecule has 86 valence electrons. The van der Waals surface area contributed by atoms with E-state index in [-0.39, 0.29) is 6.61 Å². The number of aryl methyl sites for hydroxylation is 2. The summed E-state index contributed by atoms with van der Waals surface area (Å²) in [7, 11) is 0. The van der Waals surface area contributed by atoms with Gasteiger partial charge in [-0.2, -0.15) is 9.94 Å². The van der Waals surface area contributed by atoms with E-state index in [2.05, 4.69) is 21.6 Å². The summed E-state index contributed by atoms with van der Waals surface area (Å²) < 4.78 is 1.48. The smallest absolute Gasteiger partial charge is 0.182 e. The highest BCUT2D eigenvalue weighted by Crippen LogP contribution is 2.19. The zero-order chi connectivity index (χ0) is 12.4. The molecule has 0 saturated heterocycles.